The highest BCUT2D eigenvalue weighted by molar-refractivity contribution is 6.32. The number of anilines is 1. The number of carbonyl (C=O) groups excluding carboxylic acids is 1. The number of benzene rings is 3. The van der Waals surface area contributed by atoms with Gasteiger partial charge in [-0.25, -0.2) is 0 Å². The van der Waals surface area contributed by atoms with Gasteiger partial charge in [0.25, 0.3) is 0 Å². The van der Waals surface area contributed by atoms with Gasteiger partial charge in [0.15, 0.2) is 0 Å². The first-order chi connectivity index (χ1) is 14.1. The molecular formula is C23H23ClN2O3. The van der Waals surface area contributed by atoms with E-state index in [1.54, 1.807) is 19.2 Å². The van der Waals surface area contributed by atoms with E-state index < -0.39 is 6.04 Å². The lowest BCUT2D eigenvalue weighted by molar-refractivity contribution is -0.122. The van der Waals surface area contributed by atoms with Gasteiger partial charge in [0.05, 0.1) is 24.9 Å². The maximum atomic E-state index is 13.1. The van der Waals surface area contributed by atoms with Crippen LogP contribution < -0.4 is 20.1 Å². The molecule has 3 aromatic rings. The van der Waals surface area contributed by atoms with Crippen LogP contribution in [0.15, 0.2) is 72.8 Å². The van der Waals surface area contributed by atoms with Crippen molar-refractivity contribution in [2.75, 3.05) is 19.5 Å². The van der Waals surface area contributed by atoms with Crippen molar-refractivity contribution < 1.29 is 14.3 Å². The highest BCUT2D eigenvalue weighted by Crippen LogP contribution is 2.37. The van der Waals surface area contributed by atoms with Crippen LogP contribution in [-0.4, -0.2) is 20.1 Å². The molecule has 3 rings (SSSR count). The molecule has 1 atom stereocenters. The van der Waals surface area contributed by atoms with E-state index >= 15 is 0 Å². The highest BCUT2D eigenvalue weighted by atomic mass is 35.5. The van der Waals surface area contributed by atoms with E-state index in [-0.39, 0.29) is 5.91 Å². The summed E-state index contributed by atoms with van der Waals surface area (Å²) in [7, 11) is 3.10. The van der Waals surface area contributed by atoms with Crippen LogP contribution >= 0.6 is 11.6 Å². The summed E-state index contributed by atoms with van der Waals surface area (Å²) >= 11 is 6.29. The lowest BCUT2D eigenvalue weighted by atomic mass is 10.1. The van der Waals surface area contributed by atoms with Gasteiger partial charge in [-0.1, -0.05) is 72.3 Å². The Morgan fingerprint density at radius 2 is 1.55 bits per heavy atom. The third kappa shape index (κ3) is 5.21. The fourth-order valence-electron chi connectivity index (χ4n) is 2.96. The molecule has 1 amide bonds. The number of rotatable bonds is 8. The first-order valence-corrected chi connectivity index (χ1v) is 9.55. The van der Waals surface area contributed by atoms with E-state index in [0.717, 1.165) is 11.1 Å². The lowest BCUT2D eigenvalue weighted by Gasteiger charge is -2.22. The molecule has 3 aromatic carbocycles. The molecule has 0 aliphatic heterocycles. The zero-order valence-corrected chi connectivity index (χ0v) is 17.1. The Bertz CT molecular complexity index is 949. The Kier molecular flexibility index (Phi) is 6.98. The largest absolute Gasteiger partial charge is 0.495 e. The molecule has 0 aliphatic rings. The Balaban J connectivity index is 1.87. The Labute approximate surface area is 175 Å². The van der Waals surface area contributed by atoms with Crippen molar-refractivity contribution in [1.29, 1.82) is 0 Å². The third-order valence-corrected chi connectivity index (χ3v) is 4.77. The second-order valence-corrected chi connectivity index (χ2v) is 6.79. The minimum absolute atomic E-state index is 0.158. The third-order valence-electron chi connectivity index (χ3n) is 4.48. The molecule has 0 aromatic heterocycles. The van der Waals surface area contributed by atoms with Crippen LogP contribution in [0.4, 0.5) is 5.69 Å². The summed E-state index contributed by atoms with van der Waals surface area (Å²) in [5.41, 5.74) is 2.45. The number of amides is 1. The van der Waals surface area contributed by atoms with Crippen LogP contribution in [0.2, 0.25) is 5.02 Å². The predicted molar refractivity (Wildman–Crippen MR) is 116 cm³/mol. The van der Waals surface area contributed by atoms with E-state index in [1.807, 2.05) is 60.7 Å². The smallest absolute Gasteiger partial charge is 0.247 e. The number of nitrogens with one attached hydrogen (secondary N) is 2. The second-order valence-electron chi connectivity index (χ2n) is 6.38. The van der Waals surface area contributed by atoms with E-state index in [4.69, 9.17) is 21.1 Å². The minimum atomic E-state index is -0.627. The van der Waals surface area contributed by atoms with Crippen LogP contribution in [0.25, 0.3) is 0 Å². The van der Waals surface area contributed by atoms with E-state index in [0.29, 0.717) is 28.8 Å². The van der Waals surface area contributed by atoms with Crippen molar-refractivity contribution in [3.8, 4) is 11.5 Å². The molecule has 2 N–H and O–H groups in total. The van der Waals surface area contributed by atoms with Gasteiger partial charge < -0.3 is 20.1 Å². The van der Waals surface area contributed by atoms with Crippen LogP contribution in [0.1, 0.15) is 17.2 Å². The Morgan fingerprint density at radius 3 is 2.17 bits per heavy atom. The SMILES string of the molecule is COc1cc(OC)c(N[C@@H](C(=O)NCc2ccccc2)c2ccccc2)cc1Cl. The van der Waals surface area contributed by atoms with E-state index in [1.165, 1.54) is 7.11 Å². The summed E-state index contributed by atoms with van der Waals surface area (Å²) in [6.45, 7) is 0.436. The average Bonchev–Trinajstić information content (AvgIpc) is 2.77. The first kappa shape index (κ1) is 20.6. The molecule has 0 bridgehead atoms. The fourth-order valence-corrected chi connectivity index (χ4v) is 3.20. The first-order valence-electron chi connectivity index (χ1n) is 9.17. The summed E-state index contributed by atoms with van der Waals surface area (Å²) in [6.07, 6.45) is 0. The molecule has 0 spiro atoms. The predicted octanol–water partition coefficient (Wildman–Crippen LogP) is 4.83. The van der Waals surface area contributed by atoms with Gasteiger partial charge >= 0.3 is 0 Å². The fraction of sp³-hybridized carbons (Fsp3) is 0.174. The number of methoxy groups -OCH3 is 2. The molecule has 0 fully saturated rings. The maximum Gasteiger partial charge on any atom is 0.247 e. The maximum absolute atomic E-state index is 13.1. The van der Waals surface area contributed by atoms with Crippen molar-refractivity contribution >= 4 is 23.2 Å². The monoisotopic (exact) mass is 410 g/mol. The van der Waals surface area contributed by atoms with Gasteiger partial charge in [0, 0.05) is 12.6 Å². The topological polar surface area (TPSA) is 59.6 Å². The molecule has 150 valence electrons. The number of ether oxygens (including phenoxy) is 2. The molecule has 0 unspecified atom stereocenters. The van der Waals surface area contributed by atoms with Gasteiger partial charge in [0.2, 0.25) is 5.91 Å². The molecule has 29 heavy (non-hydrogen) atoms. The zero-order valence-electron chi connectivity index (χ0n) is 16.3. The number of halogens is 1. The zero-order chi connectivity index (χ0) is 20.6. The van der Waals surface area contributed by atoms with Gasteiger partial charge in [0.1, 0.15) is 17.5 Å². The molecule has 5 nitrogen and oxygen atoms in total. The van der Waals surface area contributed by atoms with Crippen molar-refractivity contribution in [2.24, 2.45) is 0 Å². The summed E-state index contributed by atoms with van der Waals surface area (Å²) in [6, 6.07) is 22.0. The standard InChI is InChI=1S/C23H23ClN2O3/c1-28-20-14-21(29-2)19(13-18(20)24)26-22(17-11-7-4-8-12-17)23(27)25-15-16-9-5-3-6-10-16/h3-14,22,26H,15H2,1-2H3,(H,25,27)/t22-/m1/s1. The second kappa shape index (κ2) is 9.85. The van der Waals surface area contributed by atoms with Crippen LogP contribution in [0, 0.1) is 0 Å². The number of carbonyl (C=O) groups is 1. The van der Waals surface area contributed by atoms with Gasteiger partial charge in [-0.05, 0) is 17.2 Å². The van der Waals surface area contributed by atoms with Gasteiger partial charge in [-0.15, -0.1) is 0 Å². The number of hydrogen-bond donors (Lipinski definition) is 2. The van der Waals surface area contributed by atoms with E-state index in [9.17, 15) is 4.79 Å². The molecule has 0 heterocycles. The van der Waals surface area contributed by atoms with Crippen molar-refractivity contribution in [2.45, 2.75) is 12.6 Å². The van der Waals surface area contributed by atoms with Crippen LogP contribution in [0.3, 0.4) is 0 Å². The molecule has 0 radical (unpaired) electrons. The van der Waals surface area contributed by atoms with Crippen LogP contribution in [0.5, 0.6) is 11.5 Å². The van der Waals surface area contributed by atoms with Crippen molar-refractivity contribution in [3.63, 3.8) is 0 Å². The molecule has 0 saturated heterocycles. The Hall–Kier alpha value is -3.18. The highest BCUT2D eigenvalue weighted by Gasteiger charge is 2.22. The normalized spacial score (nSPS) is 11.4. The lowest BCUT2D eigenvalue weighted by Crippen LogP contribution is -2.33. The Morgan fingerprint density at radius 1 is 0.931 bits per heavy atom. The van der Waals surface area contributed by atoms with E-state index in [2.05, 4.69) is 10.6 Å². The van der Waals surface area contributed by atoms with Crippen molar-refractivity contribution in [1.82, 2.24) is 5.32 Å². The summed E-state index contributed by atoms with van der Waals surface area (Å²) in [4.78, 5) is 13.1. The van der Waals surface area contributed by atoms with Gasteiger partial charge in [-0.2, -0.15) is 0 Å². The van der Waals surface area contributed by atoms with Crippen molar-refractivity contribution in [3.05, 3.63) is 88.9 Å². The average molecular weight is 411 g/mol. The molecule has 6 heteroatoms. The number of hydrogen-bond acceptors (Lipinski definition) is 4. The summed E-state index contributed by atoms with van der Waals surface area (Å²) in [5, 5.41) is 6.68. The molecule has 0 aliphatic carbocycles. The van der Waals surface area contributed by atoms with Gasteiger partial charge in [-0.3, -0.25) is 4.79 Å². The van der Waals surface area contributed by atoms with Crippen LogP contribution in [-0.2, 0) is 11.3 Å². The summed E-state index contributed by atoms with van der Waals surface area (Å²) in [5.74, 6) is 0.871. The minimum Gasteiger partial charge on any atom is -0.495 e. The summed E-state index contributed by atoms with van der Waals surface area (Å²) < 4.78 is 10.7. The molecular weight excluding hydrogens is 388 g/mol. The molecule has 0 saturated carbocycles. The quantitative estimate of drug-likeness (QED) is 0.558.